The molecule has 16 heavy (non-hydrogen) atoms. The Kier molecular flexibility index (Phi) is 4.49. The van der Waals surface area contributed by atoms with E-state index < -0.39 is 5.97 Å². The zero-order chi connectivity index (χ0) is 12.1. The van der Waals surface area contributed by atoms with Crippen molar-refractivity contribution in [1.82, 2.24) is 10.2 Å². The number of likely N-dealkylation sites (tertiary alicyclic amines) is 1. The van der Waals surface area contributed by atoms with Crippen molar-refractivity contribution in [2.24, 2.45) is 0 Å². The van der Waals surface area contributed by atoms with E-state index in [1.807, 2.05) is 0 Å². The molecule has 1 aliphatic heterocycles. The molecule has 5 nitrogen and oxygen atoms in total. The summed E-state index contributed by atoms with van der Waals surface area (Å²) in [6, 6.07) is 0.597. The standard InChI is InChI=1S/C11H18N2O3/c1-8-7-9(5-6-13(8)2)12-10(14)3-4-11(15)16/h3-4,8-9H,5-7H2,1-2H3,(H,12,14)(H,15,16)/b4-3+. The maximum atomic E-state index is 11.3. The molecule has 0 aromatic heterocycles. The van der Waals surface area contributed by atoms with Crippen LogP contribution in [0.3, 0.4) is 0 Å². The molecule has 90 valence electrons. The van der Waals surface area contributed by atoms with Crippen molar-refractivity contribution in [1.29, 1.82) is 0 Å². The fourth-order valence-electron chi connectivity index (χ4n) is 1.82. The van der Waals surface area contributed by atoms with Crippen molar-refractivity contribution < 1.29 is 14.7 Å². The number of carboxylic acid groups (broad SMARTS) is 1. The summed E-state index contributed by atoms with van der Waals surface area (Å²) in [6.07, 6.45) is 3.73. The van der Waals surface area contributed by atoms with Gasteiger partial charge in [-0.25, -0.2) is 4.79 Å². The van der Waals surface area contributed by atoms with E-state index in [1.165, 1.54) is 0 Å². The smallest absolute Gasteiger partial charge is 0.328 e. The average Bonchev–Trinajstić information content (AvgIpc) is 2.21. The summed E-state index contributed by atoms with van der Waals surface area (Å²) in [5, 5.41) is 11.2. The predicted octanol–water partition coefficient (Wildman–Crippen LogP) is 0.226. The lowest BCUT2D eigenvalue weighted by molar-refractivity contribution is -0.131. The summed E-state index contributed by atoms with van der Waals surface area (Å²) in [4.78, 5) is 23.8. The van der Waals surface area contributed by atoms with Crippen LogP contribution in [-0.4, -0.2) is 47.6 Å². The molecule has 1 fully saturated rings. The van der Waals surface area contributed by atoms with Gasteiger partial charge in [-0.15, -0.1) is 0 Å². The number of carbonyl (C=O) groups excluding carboxylic acids is 1. The molecular formula is C11H18N2O3. The molecule has 1 rings (SSSR count). The van der Waals surface area contributed by atoms with Gasteiger partial charge < -0.3 is 15.3 Å². The summed E-state index contributed by atoms with van der Waals surface area (Å²) in [5.74, 6) is -1.43. The van der Waals surface area contributed by atoms with Crippen molar-refractivity contribution in [3.8, 4) is 0 Å². The molecule has 0 saturated carbocycles. The number of nitrogens with one attached hydrogen (secondary N) is 1. The van der Waals surface area contributed by atoms with Crippen molar-refractivity contribution >= 4 is 11.9 Å². The van der Waals surface area contributed by atoms with Crippen molar-refractivity contribution in [2.45, 2.75) is 31.8 Å². The molecule has 2 unspecified atom stereocenters. The molecule has 2 atom stereocenters. The molecule has 5 heteroatoms. The van der Waals surface area contributed by atoms with Gasteiger partial charge in [0.15, 0.2) is 0 Å². The first-order valence-electron chi connectivity index (χ1n) is 5.40. The van der Waals surface area contributed by atoms with Gasteiger partial charge in [-0.1, -0.05) is 0 Å². The highest BCUT2D eigenvalue weighted by atomic mass is 16.4. The molecular weight excluding hydrogens is 208 g/mol. The molecule has 0 aliphatic carbocycles. The molecule has 0 aromatic rings. The van der Waals surface area contributed by atoms with Crippen LogP contribution >= 0.6 is 0 Å². The summed E-state index contributed by atoms with van der Waals surface area (Å²) >= 11 is 0. The largest absolute Gasteiger partial charge is 0.478 e. The summed E-state index contributed by atoms with van der Waals surface area (Å²) in [7, 11) is 2.06. The highest BCUT2D eigenvalue weighted by molar-refractivity contribution is 5.93. The van der Waals surface area contributed by atoms with E-state index in [9.17, 15) is 9.59 Å². The van der Waals surface area contributed by atoms with Gasteiger partial charge in [0.25, 0.3) is 0 Å². The Hall–Kier alpha value is -1.36. The van der Waals surface area contributed by atoms with Gasteiger partial charge in [0.2, 0.25) is 5.91 Å². The Morgan fingerprint density at radius 3 is 2.69 bits per heavy atom. The van der Waals surface area contributed by atoms with E-state index >= 15 is 0 Å². The molecule has 0 spiro atoms. The van der Waals surface area contributed by atoms with Gasteiger partial charge in [-0.2, -0.15) is 0 Å². The van der Waals surface area contributed by atoms with Crippen LogP contribution in [0.1, 0.15) is 19.8 Å². The van der Waals surface area contributed by atoms with E-state index in [1.54, 1.807) is 0 Å². The normalized spacial score (nSPS) is 26.9. The Morgan fingerprint density at radius 2 is 2.12 bits per heavy atom. The summed E-state index contributed by atoms with van der Waals surface area (Å²) < 4.78 is 0. The molecule has 0 radical (unpaired) electrons. The fourth-order valence-corrected chi connectivity index (χ4v) is 1.82. The molecule has 0 bridgehead atoms. The second kappa shape index (κ2) is 5.65. The zero-order valence-electron chi connectivity index (χ0n) is 9.64. The van der Waals surface area contributed by atoms with Crippen molar-refractivity contribution in [3.63, 3.8) is 0 Å². The van der Waals surface area contributed by atoms with E-state index in [-0.39, 0.29) is 11.9 Å². The predicted molar refractivity (Wildman–Crippen MR) is 60.0 cm³/mol. The topological polar surface area (TPSA) is 69.6 Å². The van der Waals surface area contributed by atoms with Crippen LogP contribution in [0.4, 0.5) is 0 Å². The number of hydrogen-bond acceptors (Lipinski definition) is 3. The minimum atomic E-state index is -1.10. The van der Waals surface area contributed by atoms with Gasteiger partial charge >= 0.3 is 5.97 Å². The van der Waals surface area contributed by atoms with E-state index in [0.29, 0.717) is 6.04 Å². The number of nitrogens with zero attached hydrogens (tertiary/aromatic N) is 1. The third-order valence-electron chi connectivity index (χ3n) is 2.93. The van der Waals surface area contributed by atoms with Gasteiger partial charge in [-0.05, 0) is 26.8 Å². The van der Waals surface area contributed by atoms with Crippen LogP contribution in [0.25, 0.3) is 0 Å². The zero-order valence-corrected chi connectivity index (χ0v) is 9.64. The van der Waals surface area contributed by atoms with Crippen LogP contribution in [0.5, 0.6) is 0 Å². The lowest BCUT2D eigenvalue weighted by Gasteiger charge is -2.35. The highest BCUT2D eigenvalue weighted by Crippen LogP contribution is 2.14. The molecule has 1 heterocycles. The number of hydrogen-bond donors (Lipinski definition) is 2. The van der Waals surface area contributed by atoms with Crippen molar-refractivity contribution in [3.05, 3.63) is 12.2 Å². The molecule has 1 amide bonds. The van der Waals surface area contributed by atoms with Crippen molar-refractivity contribution in [2.75, 3.05) is 13.6 Å². The molecule has 1 aliphatic rings. The van der Waals surface area contributed by atoms with Crippen LogP contribution in [-0.2, 0) is 9.59 Å². The van der Waals surface area contributed by atoms with E-state index in [0.717, 1.165) is 31.5 Å². The maximum absolute atomic E-state index is 11.3. The second-order valence-corrected chi connectivity index (χ2v) is 4.23. The Balaban J connectivity index is 2.38. The molecule has 2 N–H and O–H groups in total. The van der Waals surface area contributed by atoms with Gasteiger partial charge in [0.1, 0.15) is 0 Å². The van der Waals surface area contributed by atoms with Gasteiger partial charge in [-0.3, -0.25) is 4.79 Å². The fraction of sp³-hybridized carbons (Fsp3) is 0.636. The summed E-state index contributed by atoms with van der Waals surface area (Å²) in [6.45, 7) is 3.07. The maximum Gasteiger partial charge on any atom is 0.328 e. The Bertz CT molecular complexity index is 302. The van der Waals surface area contributed by atoms with Crippen LogP contribution in [0, 0.1) is 0 Å². The van der Waals surface area contributed by atoms with E-state index in [2.05, 4.69) is 24.2 Å². The van der Waals surface area contributed by atoms with Gasteiger partial charge in [0.05, 0.1) is 0 Å². The first kappa shape index (κ1) is 12.7. The van der Waals surface area contributed by atoms with Crippen LogP contribution in [0.15, 0.2) is 12.2 Å². The minimum absolute atomic E-state index is 0.150. The minimum Gasteiger partial charge on any atom is -0.478 e. The van der Waals surface area contributed by atoms with Crippen LogP contribution in [0.2, 0.25) is 0 Å². The third kappa shape index (κ3) is 4.02. The lowest BCUT2D eigenvalue weighted by Crippen LogP contribution is -2.47. The monoisotopic (exact) mass is 226 g/mol. The third-order valence-corrected chi connectivity index (χ3v) is 2.93. The molecule has 0 aromatic carbocycles. The number of rotatable bonds is 3. The van der Waals surface area contributed by atoms with Crippen LogP contribution < -0.4 is 5.32 Å². The summed E-state index contributed by atoms with van der Waals surface area (Å²) in [5.41, 5.74) is 0. The number of carbonyl (C=O) groups is 2. The number of piperidine rings is 1. The SMILES string of the molecule is CC1CC(NC(=O)/C=C/C(=O)O)CCN1C. The lowest BCUT2D eigenvalue weighted by atomic mass is 9.99. The quantitative estimate of drug-likeness (QED) is 0.676. The average molecular weight is 226 g/mol. The first-order valence-corrected chi connectivity index (χ1v) is 5.40. The number of aliphatic carboxylic acids is 1. The Morgan fingerprint density at radius 1 is 1.44 bits per heavy atom. The molecule has 1 saturated heterocycles. The highest BCUT2D eigenvalue weighted by Gasteiger charge is 2.23. The number of carboxylic acids is 1. The second-order valence-electron chi connectivity index (χ2n) is 4.23. The Labute approximate surface area is 95.1 Å². The first-order chi connectivity index (χ1) is 7.49. The van der Waals surface area contributed by atoms with E-state index in [4.69, 9.17) is 5.11 Å². The van der Waals surface area contributed by atoms with Gasteiger partial charge in [0, 0.05) is 30.8 Å². The number of amides is 1.